The zero-order chi connectivity index (χ0) is 24.6. The molecule has 1 aromatic heterocycles. The molecule has 3 rings (SSSR count). The number of thioether (sulfide) groups is 1. The van der Waals surface area contributed by atoms with E-state index >= 15 is 0 Å². The van der Waals surface area contributed by atoms with Crippen LogP contribution in [-0.4, -0.2) is 87.1 Å². The molecule has 1 unspecified atom stereocenters. The first-order valence-electron chi connectivity index (χ1n) is 11.3. The molecule has 1 aromatic rings. The molecule has 0 N–H and O–H groups in total. The average Bonchev–Trinajstić information content (AvgIpc) is 2.92. The molecule has 8 nitrogen and oxygen atoms in total. The van der Waals surface area contributed by atoms with Crippen molar-refractivity contribution in [2.24, 2.45) is 0 Å². The SMILES string of the molecule is COc1nc(SC)nc([As]C2CCCN(C(=O)OC(C)(C)C)C2)c1B1OC(C)(C)C(C)(C)O1. The molecule has 0 aliphatic carbocycles. The second kappa shape index (κ2) is 9.96. The van der Waals surface area contributed by atoms with Crippen molar-refractivity contribution < 1.29 is 23.6 Å². The van der Waals surface area contributed by atoms with Crippen LogP contribution < -0.4 is 14.7 Å². The van der Waals surface area contributed by atoms with E-state index in [4.69, 9.17) is 23.8 Å². The quantitative estimate of drug-likeness (QED) is 0.321. The van der Waals surface area contributed by atoms with Crippen molar-refractivity contribution in [3.63, 3.8) is 0 Å². The number of carbonyl (C=O) groups is 1. The van der Waals surface area contributed by atoms with Crippen molar-refractivity contribution >= 4 is 50.7 Å². The molecular formula is C22H36AsBN3O5S. The van der Waals surface area contributed by atoms with E-state index < -0.39 is 39.7 Å². The molecule has 11 heteroatoms. The first-order chi connectivity index (χ1) is 15.3. The number of hydrogen-bond acceptors (Lipinski definition) is 8. The summed E-state index contributed by atoms with van der Waals surface area (Å²) in [7, 11) is 1.02. The van der Waals surface area contributed by atoms with Crippen LogP contribution in [0.25, 0.3) is 0 Å². The van der Waals surface area contributed by atoms with Crippen molar-refractivity contribution in [1.82, 2.24) is 14.9 Å². The Kier molecular flexibility index (Phi) is 8.04. The Morgan fingerprint density at radius 3 is 2.39 bits per heavy atom. The maximum absolute atomic E-state index is 12.7. The number of carbonyl (C=O) groups excluding carboxylic acids is 1. The fraction of sp³-hybridized carbons (Fsp3) is 0.773. The van der Waals surface area contributed by atoms with Gasteiger partial charge in [0.05, 0.1) is 0 Å². The second-order valence-electron chi connectivity index (χ2n) is 10.4. The van der Waals surface area contributed by atoms with Crippen LogP contribution in [0.3, 0.4) is 0 Å². The molecule has 0 bridgehead atoms. The average molecular weight is 540 g/mol. The number of methoxy groups -OCH3 is 1. The van der Waals surface area contributed by atoms with Crippen LogP contribution in [0.4, 0.5) is 4.79 Å². The van der Waals surface area contributed by atoms with Gasteiger partial charge in [0, 0.05) is 0 Å². The van der Waals surface area contributed by atoms with Crippen molar-refractivity contribution in [3.8, 4) is 5.88 Å². The fourth-order valence-corrected chi connectivity index (χ4v) is 7.16. The van der Waals surface area contributed by atoms with Gasteiger partial charge in [-0.05, 0) is 0 Å². The van der Waals surface area contributed by atoms with Crippen molar-refractivity contribution in [2.75, 3.05) is 26.5 Å². The van der Waals surface area contributed by atoms with E-state index in [1.807, 2.05) is 59.6 Å². The number of ether oxygens (including phenoxy) is 2. The molecule has 1 atom stereocenters. The molecule has 2 saturated heterocycles. The zero-order valence-electron chi connectivity index (χ0n) is 21.2. The molecule has 0 saturated carbocycles. The van der Waals surface area contributed by atoms with E-state index in [0.717, 1.165) is 29.3 Å². The maximum atomic E-state index is 12.7. The van der Waals surface area contributed by atoms with Crippen LogP contribution in [0.2, 0.25) is 4.71 Å². The Hall–Kier alpha value is -0.957. The van der Waals surface area contributed by atoms with Gasteiger partial charge in [-0.15, -0.1) is 0 Å². The summed E-state index contributed by atoms with van der Waals surface area (Å²) in [5.74, 6) is 0.498. The molecule has 33 heavy (non-hydrogen) atoms. The summed E-state index contributed by atoms with van der Waals surface area (Å²) in [6, 6.07) is 0. The van der Waals surface area contributed by atoms with Crippen molar-refractivity contribution in [3.05, 3.63) is 0 Å². The van der Waals surface area contributed by atoms with E-state index in [1.165, 1.54) is 11.8 Å². The molecule has 0 spiro atoms. The number of amides is 1. The molecule has 2 aliphatic rings. The standard InChI is InChI=1S/C22H36AsBN3O5S/c1-20(2,3)30-19(28)27-12-10-11-14(13-27)23-16-15(17(29-8)26-18(25-16)33-9)24-31-21(4,5)22(6,7)32-24/h14H,10-13H2,1-9H3. The van der Waals surface area contributed by atoms with Gasteiger partial charge in [0.15, 0.2) is 0 Å². The second-order valence-corrected chi connectivity index (χ2v) is 14.1. The molecule has 2 fully saturated rings. The van der Waals surface area contributed by atoms with Crippen molar-refractivity contribution in [2.45, 2.75) is 88.0 Å². The van der Waals surface area contributed by atoms with Gasteiger partial charge in [0.1, 0.15) is 0 Å². The third-order valence-corrected chi connectivity index (χ3v) is 9.51. The molecule has 3 heterocycles. The molecule has 1 amide bonds. The number of piperidine rings is 1. The van der Waals surface area contributed by atoms with E-state index in [1.54, 1.807) is 7.11 Å². The van der Waals surface area contributed by atoms with Gasteiger partial charge in [0.2, 0.25) is 0 Å². The van der Waals surface area contributed by atoms with E-state index in [-0.39, 0.29) is 6.09 Å². The van der Waals surface area contributed by atoms with Gasteiger partial charge >= 0.3 is 209 Å². The Balaban J connectivity index is 1.88. The number of aromatic nitrogens is 2. The zero-order valence-corrected chi connectivity index (χ0v) is 23.9. The first kappa shape index (κ1) is 26.6. The van der Waals surface area contributed by atoms with E-state index in [0.29, 0.717) is 22.3 Å². The number of nitrogens with zero attached hydrogens (tertiary/aromatic N) is 3. The topological polar surface area (TPSA) is 83.0 Å². The minimum absolute atomic E-state index is 0.246. The molecule has 2 aliphatic heterocycles. The van der Waals surface area contributed by atoms with Crippen molar-refractivity contribution in [1.29, 1.82) is 0 Å². The first-order valence-corrected chi connectivity index (χ1v) is 14.6. The van der Waals surface area contributed by atoms with E-state index in [9.17, 15) is 4.79 Å². The van der Waals surface area contributed by atoms with Crippen LogP contribution in [0, 0.1) is 0 Å². The molecular weight excluding hydrogens is 504 g/mol. The van der Waals surface area contributed by atoms with Crippen LogP contribution in [-0.2, 0) is 14.0 Å². The van der Waals surface area contributed by atoms with Gasteiger partial charge in [0.25, 0.3) is 0 Å². The predicted molar refractivity (Wildman–Crippen MR) is 132 cm³/mol. The number of likely N-dealkylation sites (tertiary alicyclic amines) is 1. The molecule has 1 radical (unpaired) electrons. The number of rotatable bonds is 5. The van der Waals surface area contributed by atoms with E-state index in [2.05, 4.69) is 4.98 Å². The van der Waals surface area contributed by atoms with Gasteiger partial charge in [-0.25, -0.2) is 0 Å². The third-order valence-electron chi connectivity index (χ3n) is 6.09. The summed E-state index contributed by atoms with van der Waals surface area (Å²) in [6.07, 6.45) is 3.70. The van der Waals surface area contributed by atoms with Gasteiger partial charge in [-0.1, -0.05) is 0 Å². The molecule has 183 valence electrons. The summed E-state index contributed by atoms with van der Waals surface area (Å²) in [5.41, 5.74) is -0.683. The summed E-state index contributed by atoms with van der Waals surface area (Å²) < 4.78 is 25.3. The van der Waals surface area contributed by atoms with Crippen LogP contribution >= 0.6 is 11.8 Å². The van der Waals surface area contributed by atoms with Crippen LogP contribution in [0.5, 0.6) is 5.88 Å². The minimum atomic E-state index is -0.600. The third kappa shape index (κ3) is 6.19. The summed E-state index contributed by atoms with van der Waals surface area (Å²) in [5, 5.41) is 0.664. The summed E-state index contributed by atoms with van der Waals surface area (Å²) in [6.45, 7) is 15.2. The van der Waals surface area contributed by atoms with Gasteiger partial charge in [-0.2, -0.15) is 0 Å². The predicted octanol–water partition coefficient (Wildman–Crippen LogP) is 2.66. The van der Waals surface area contributed by atoms with Crippen LogP contribution in [0.1, 0.15) is 61.3 Å². The summed E-state index contributed by atoms with van der Waals surface area (Å²) >= 11 is 1.09. The Bertz CT molecular complexity index is 864. The van der Waals surface area contributed by atoms with Gasteiger partial charge < -0.3 is 0 Å². The van der Waals surface area contributed by atoms with Gasteiger partial charge in [-0.3, -0.25) is 0 Å². The number of hydrogen-bond donors (Lipinski definition) is 0. The Labute approximate surface area is 209 Å². The molecule has 0 aromatic carbocycles. The summed E-state index contributed by atoms with van der Waals surface area (Å²) in [4.78, 5) is 24.0. The Morgan fingerprint density at radius 2 is 1.85 bits per heavy atom. The van der Waals surface area contributed by atoms with Crippen LogP contribution in [0.15, 0.2) is 5.16 Å². The Morgan fingerprint density at radius 1 is 1.21 bits per heavy atom. The fourth-order valence-electron chi connectivity index (χ4n) is 3.66. The monoisotopic (exact) mass is 540 g/mol. The normalized spacial score (nSPS) is 22.8.